The molecule has 0 amide bonds. The van der Waals surface area contributed by atoms with Crippen molar-refractivity contribution in [3.8, 4) is 0 Å². The van der Waals surface area contributed by atoms with Gasteiger partial charge in [0.2, 0.25) is 5.83 Å². The second-order valence-electron chi connectivity index (χ2n) is 1.88. The van der Waals surface area contributed by atoms with Crippen LogP contribution in [0.1, 0.15) is 0 Å². The second-order valence-corrected chi connectivity index (χ2v) is 1.88. The fourth-order valence-corrected chi connectivity index (χ4v) is 0.340. The molecule has 0 aromatic rings. The zero-order valence-electron chi connectivity index (χ0n) is 5.85. The fraction of sp³-hybridized carbons (Fsp3) is 0.333. The minimum atomic E-state index is -6.18. The van der Waals surface area contributed by atoms with Gasteiger partial charge >= 0.3 is 12.1 Å². The fourth-order valence-electron chi connectivity index (χ4n) is 0.340. The minimum absolute atomic E-state index is 0.951. The normalized spacial score (nSPS) is 15.3. The monoisotopic (exact) mass is 207 g/mol. The van der Waals surface area contributed by atoms with Crippen LogP contribution in [0.15, 0.2) is 18.2 Å². The van der Waals surface area contributed by atoms with Gasteiger partial charge in [-0.3, -0.25) is 0 Å². The van der Waals surface area contributed by atoms with Gasteiger partial charge in [-0.1, -0.05) is 6.58 Å². The van der Waals surface area contributed by atoms with Crippen molar-refractivity contribution in [2.45, 2.75) is 12.1 Å². The van der Waals surface area contributed by atoms with Crippen LogP contribution >= 0.6 is 0 Å². The third-order valence-corrected chi connectivity index (χ3v) is 0.980. The Kier molecular flexibility index (Phi) is 3.13. The first-order valence-electron chi connectivity index (χ1n) is 2.68. The van der Waals surface area contributed by atoms with Gasteiger partial charge in [-0.2, -0.15) is 22.0 Å². The Morgan fingerprint density at radius 3 is 1.62 bits per heavy atom. The molecule has 0 atom stereocenters. The van der Waals surface area contributed by atoms with Crippen molar-refractivity contribution in [3.05, 3.63) is 24.3 Å². The molecule has 0 unspecified atom stereocenters. The van der Waals surface area contributed by atoms with Crippen LogP contribution in [0.25, 0.3) is 0 Å². The first-order chi connectivity index (χ1) is 5.64. The molecule has 0 aromatic heterocycles. The number of halogens is 7. The summed E-state index contributed by atoms with van der Waals surface area (Å²) >= 11 is 0. The van der Waals surface area contributed by atoms with Crippen molar-refractivity contribution >= 4 is 0 Å². The van der Waals surface area contributed by atoms with Gasteiger partial charge in [0.25, 0.3) is 0 Å². The average Bonchev–Trinajstić information content (AvgIpc) is 1.99. The predicted molar refractivity (Wildman–Crippen MR) is 29.1 cm³/mol. The van der Waals surface area contributed by atoms with Crippen molar-refractivity contribution in [2.24, 2.45) is 0 Å². The Bertz CT molecular complexity index is 234. The molecule has 0 fully saturated rings. The SMILES string of the molecule is C=[C]C(F)=C(F)C(F)(F)C(F)(F)F. The van der Waals surface area contributed by atoms with E-state index in [1.54, 1.807) is 0 Å². The summed E-state index contributed by atoms with van der Waals surface area (Å²) in [5.41, 5.74) is 0. The first-order valence-corrected chi connectivity index (χ1v) is 2.68. The molecule has 0 nitrogen and oxygen atoms in total. The molecule has 13 heavy (non-hydrogen) atoms. The second kappa shape index (κ2) is 3.39. The molecular formula is C6H2F7. The molecule has 0 bridgehead atoms. The van der Waals surface area contributed by atoms with Gasteiger partial charge in [0.05, 0.1) is 0 Å². The molecule has 0 N–H and O–H groups in total. The lowest BCUT2D eigenvalue weighted by atomic mass is 10.2. The molecule has 0 aromatic carbocycles. The molecule has 75 valence electrons. The Balaban J connectivity index is 5.18. The van der Waals surface area contributed by atoms with Gasteiger partial charge in [-0.15, -0.1) is 0 Å². The highest BCUT2D eigenvalue weighted by atomic mass is 19.4. The van der Waals surface area contributed by atoms with E-state index >= 15 is 0 Å². The number of rotatable bonds is 2. The van der Waals surface area contributed by atoms with E-state index in [0.29, 0.717) is 0 Å². The number of hydrogen-bond acceptors (Lipinski definition) is 0. The highest BCUT2D eigenvalue weighted by Gasteiger charge is 2.62. The van der Waals surface area contributed by atoms with E-state index in [0.717, 1.165) is 6.08 Å². The van der Waals surface area contributed by atoms with Gasteiger partial charge in [-0.05, 0) is 0 Å². The van der Waals surface area contributed by atoms with Crippen molar-refractivity contribution < 1.29 is 30.7 Å². The van der Waals surface area contributed by atoms with Crippen molar-refractivity contribution in [1.29, 1.82) is 0 Å². The third kappa shape index (κ3) is 2.22. The number of hydrogen-bond donors (Lipinski definition) is 0. The number of alkyl halides is 5. The van der Waals surface area contributed by atoms with E-state index < -0.39 is 23.8 Å². The number of allylic oxidation sites excluding steroid dienone is 3. The minimum Gasteiger partial charge on any atom is -0.203 e. The highest BCUT2D eigenvalue weighted by molar-refractivity contribution is 5.16. The topological polar surface area (TPSA) is 0 Å². The van der Waals surface area contributed by atoms with E-state index in [4.69, 9.17) is 0 Å². The third-order valence-electron chi connectivity index (χ3n) is 0.980. The smallest absolute Gasteiger partial charge is 0.203 e. The molecule has 0 spiro atoms. The van der Waals surface area contributed by atoms with E-state index in [-0.39, 0.29) is 0 Å². The summed E-state index contributed by atoms with van der Waals surface area (Å²) in [6.07, 6.45) is -5.22. The van der Waals surface area contributed by atoms with Crippen LogP contribution in [0.4, 0.5) is 30.7 Å². The van der Waals surface area contributed by atoms with Crippen molar-refractivity contribution in [2.75, 3.05) is 0 Å². The van der Waals surface area contributed by atoms with Crippen LogP contribution in [0.2, 0.25) is 0 Å². The molecule has 0 heterocycles. The van der Waals surface area contributed by atoms with Crippen LogP contribution < -0.4 is 0 Å². The van der Waals surface area contributed by atoms with Crippen LogP contribution in [-0.2, 0) is 0 Å². The van der Waals surface area contributed by atoms with Crippen molar-refractivity contribution in [1.82, 2.24) is 0 Å². The molecule has 0 aliphatic heterocycles. The van der Waals surface area contributed by atoms with E-state index in [9.17, 15) is 30.7 Å². The molecule has 0 aliphatic rings. The lowest BCUT2D eigenvalue weighted by molar-refractivity contribution is -0.271. The summed E-state index contributed by atoms with van der Waals surface area (Å²) in [6.45, 7) is 2.38. The summed E-state index contributed by atoms with van der Waals surface area (Å²) in [7, 11) is 0. The Hall–Kier alpha value is -1.01. The summed E-state index contributed by atoms with van der Waals surface area (Å²) in [6, 6.07) is 0. The van der Waals surface area contributed by atoms with Crippen LogP contribution in [0, 0.1) is 6.08 Å². The van der Waals surface area contributed by atoms with E-state index in [1.807, 2.05) is 0 Å². The summed E-state index contributed by atoms with van der Waals surface area (Å²) in [5, 5.41) is 0. The zero-order chi connectivity index (χ0) is 10.9. The Morgan fingerprint density at radius 2 is 1.38 bits per heavy atom. The molecule has 0 saturated carbocycles. The van der Waals surface area contributed by atoms with E-state index in [2.05, 4.69) is 6.58 Å². The average molecular weight is 207 g/mol. The van der Waals surface area contributed by atoms with Gasteiger partial charge in [0.15, 0.2) is 5.83 Å². The standard InChI is InChI=1S/C6H2F7/c1-2-3(7)4(8)5(9,10)6(11,12)13/h1H2. The lowest BCUT2D eigenvalue weighted by Crippen LogP contribution is -2.37. The summed E-state index contributed by atoms with van der Waals surface area (Å²) in [5.74, 6) is -11.5. The quantitative estimate of drug-likeness (QED) is 0.481. The van der Waals surface area contributed by atoms with Gasteiger partial charge in [0, 0.05) is 6.08 Å². The molecule has 0 rings (SSSR count). The van der Waals surface area contributed by atoms with Crippen LogP contribution in [-0.4, -0.2) is 12.1 Å². The molecular weight excluding hydrogens is 205 g/mol. The van der Waals surface area contributed by atoms with E-state index in [1.165, 1.54) is 0 Å². The van der Waals surface area contributed by atoms with Gasteiger partial charge in [-0.25, -0.2) is 8.78 Å². The van der Waals surface area contributed by atoms with Crippen LogP contribution in [0.5, 0.6) is 0 Å². The predicted octanol–water partition coefficient (Wildman–Crippen LogP) is 3.32. The molecule has 0 saturated heterocycles. The summed E-state index contributed by atoms with van der Waals surface area (Å²) < 4.78 is 81.7. The maximum Gasteiger partial charge on any atom is 0.460 e. The Labute approximate surface area is 68.3 Å². The first kappa shape index (κ1) is 12.0. The summed E-state index contributed by atoms with van der Waals surface area (Å²) in [4.78, 5) is 0. The largest absolute Gasteiger partial charge is 0.460 e. The maximum absolute atomic E-state index is 12.0. The van der Waals surface area contributed by atoms with Crippen molar-refractivity contribution in [3.63, 3.8) is 0 Å². The molecule has 1 radical (unpaired) electrons. The Morgan fingerprint density at radius 1 is 1.00 bits per heavy atom. The van der Waals surface area contributed by atoms with Gasteiger partial charge < -0.3 is 0 Å². The van der Waals surface area contributed by atoms with Gasteiger partial charge in [0.1, 0.15) is 0 Å². The zero-order valence-corrected chi connectivity index (χ0v) is 5.85. The molecule has 0 aliphatic carbocycles. The van der Waals surface area contributed by atoms with Crippen LogP contribution in [0.3, 0.4) is 0 Å². The lowest BCUT2D eigenvalue weighted by Gasteiger charge is -2.17. The molecule has 7 heteroatoms. The maximum atomic E-state index is 12.0. The highest BCUT2D eigenvalue weighted by Crippen LogP contribution is 2.42.